The van der Waals surface area contributed by atoms with E-state index >= 15 is 0 Å². The highest BCUT2D eigenvalue weighted by Crippen LogP contribution is 2.28. The van der Waals surface area contributed by atoms with Crippen molar-refractivity contribution in [3.63, 3.8) is 0 Å². The molecule has 0 unspecified atom stereocenters. The van der Waals surface area contributed by atoms with Gasteiger partial charge in [0, 0.05) is 10.0 Å². The van der Waals surface area contributed by atoms with E-state index in [0.29, 0.717) is 22.0 Å². The molecule has 1 N–H and O–H groups in total. The Labute approximate surface area is 110 Å². The molecule has 1 aromatic carbocycles. The van der Waals surface area contributed by atoms with E-state index in [1.54, 1.807) is 12.1 Å². The van der Waals surface area contributed by atoms with Crippen LogP contribution in [0.2, 0.25) is 0 Å². The van der Waals surface area contributed by atoms with Gasteiger partial charge in [-0.05, 0) is 25.0 Å². The molecule has 0 saturated heterocycles. The van der Waals surface area contributed by atoms with Crippen LogP contribution in [-0.4, -0.2) is 18.2 Å². The largest absolute Gasteiger partial charge is 0.508 e. The Balaban J connectivity index is 3.03. The fourth-order valence-corrected chi connectivity index (χ4v) is 2.17. The van der Waals surface area contributed by atoms with Crippen molar-refractivity contribution in [3.8, 4) is 5.75 Å². The number of hydrogen-bond acceptors (Lipinski definition) is 3. The molecule has 0 amide bonds. The predicted octanol–water partition coefficient (Wildman–Crippen LogP) is 3.67. The number of phenols is 1. The minimum atomic E-state index is -0.409. The van der Waals surface area contributed by atoms with Crippen LogP contribution in [0.3, 0.4) is 0 Å². The zero-order valence-corrected chi connectivity index (χ0v) is 11.7. The Hall–Kier alpha value is -1.03. The first-order valence-electron chi connectivity index (χ1n) is 5.69. The lowest BCUT2D eigenvalue weighted by molar-refractivity contribution is 0.0599. The first kappa shape index (κ1) is 14.0. The molecule has 0 aliphatic heterocycles. The molecule has 0 aliphatic rings. The number of carbonyl (C=O) groups excluding carboxylic acids is 1. The normalized spacial score (nSPS) is 10.3. The van der Waals surface area contributed by atoms with Crippen LogP contribution in [0.5, 0.6) is 5.75 Å². The molecule has 0 heterocycles. The quantitative estimate of drug-likeness (QED) is 0.666. The number of methoxy groups -OCH3 is 1. The maximum Gasteiger partial charge on any atom is 0.338 e. The number of ether oxygens (including phenoxy) is 1. The molecule has 0 bridgehead atoms. The topological polar surface area (TPSA) is 46.5 Å². The van der Waals surface area contributed by atoms with Crippen molar-refractivity contribution in [2.75, 3.05) is 7.11 Å². The summed E-state index contributed by atoms with van der Waals surface area (Å²) in [4.78, 5) is 11.6. The van der Waals surface area contributed by atoms with Gasteiger partial charge in [0.1, 0.15) is 5.75 Å². The molecule has 0 saturated carbocycles. The molecule has 94 valence electrons. The minimum absolute atomic E-state index is 0.149. The summed E-state index contributed by atoms with van der Waals surface area (Å²) in [7, 11) is 1.34. The fourth-order valence-electron chi connectivity index (χ4n) is 1.73. The van der Waals surface area contributed by atoms with Gasteiger partial charge in [-0.3, -0.25) is 0 Å². The lowest BCUT2D eigenvalue weighted by Gasteiger charge is -2.10. The highest BCUT2D eigenvalue weighted by Gasteiger charge is 2.16. The summed E-state index contributed by atoms with van der Waals surface area (Å²) in [5, 5.41) is 9.88. The average Bonchev–Trinajstić information content (AvgIpc) is 2.30. The summed E-state index contributed by atoms with van der Waals surface area (Å²) in [5.74, 6) is -0.260. The molecule has 1 rings (SSSR count). The number of unbranched alkanes of at least 4 members (excludes halogenated alkanes) is 2. The minimum Gasteiger partial charge on any atom is -0.508 e. The second kappa shape index (κ2) is 6.64. The second-order valence-corrected chi connectivity index (χ2v) is 4.82. The first-order chi connectivity index (χ1) is 8.10. The van der Waals surface area contributed by atoms with E-state index in [1.165, 1.54) is 7.11 Å². The maximum absolute atomic E-state index is 11.6. The molecule has 17 heavy (non-hydrogen) atoms. The van der Waals surface area contributed by atoms with E-state index in [0.717, 1.165) is 19.3 Å². The van der Waals surface area contributed by atoms with Crippen LogP contribution in [0.1, 0.15) is 42.1 Å². The molecule has 0 fully saturated rings. The van der Waals surface area contributed by atoms with E-state index in [-0.39, 0.29) is 5.75 Å². The molecule has 0 aromatic heterocycles. The van der Waals surface area contributed by atoms with E-state index in [2.05, 4.69) is 22.9 Å². The van der Waals surface area contributed by atoms with Crippen LogP contribution in [0.15, 0.2) is 16.6 Å². The van der Waals surface area contributed by atoms with Crippen LogP contribution in [0.4, 0.5) is 0 Å². The van der Waals surface area contributed by atoms with E-state index in [4.69, 9.17) is 4.74 Å². The standard InChI is InChI=1S/C13H17BrO3/c1-3-4-5-6-10-11(13(16)17-2)7-9(14)8-12(10)15/h7-8,15H,3-6H2,1-2H3. The van der Waals surface area contributed by atoms with Gasteiger partial charge in [-0.2, -0.15) is 0 Å². The van der Waals surface area contributed by atoms with Gasteiger partial charge < -0.3 is 9.84 Å². The summed E-state index contributed by atoms with van der Waals surface area (Å²) in [5.41, 5.74) is 1.11. The van der Waals surface area contributed by atoms with E-state index in [9.17, 15) is 9.90 Å². The molecule has 0 spiro atoms. The number of esters is 1. The van der Waals surface area contributed by atoms with E-state index < -0.39 is 5.97 Å². The summed E-state index contributed by atoms with van der Waals surface area (Å²) >= 11 is 3.26. The zero-order valence-electron chi connectivity index (χ0n) is 10.1. The van der Waals surface area contributed by atoms with Crippen molar-refractivity contribution in [2.24, 2.45) is 0 Å². The highest BCUT2D eigenvalue weighted by atomic mass is 79.9. The van der Waals surface area contributed by atoms with Gasteiger partial charge in [0.25, 0.3) is 0 Å². The fraction of sp³-hybridized carbons (Fsp3) is 0.462. The van der Waals surface area contributed by atoms with Crippen LogP contribution in [-0.2, 0) is 11.2 Å². The lowest BCUT2D eigenvalue weighted by atomic mass is 10.0. The van der Waals surface area contributed by atoms with Crippen LogP contribution in [0, 0.1) is 0 Å². The Morgan fingerprint density at radius 3 is 2.71 bits per heavy atom. The Bertz CT molecular complexity index is 402. The number of halogens is 1. The SMILES string of the molecule is CCCCCc1c(O)cc(Br)cc1C(=O)OC. The molecule has 0 atom stereocenters. The monoisotopic (exact) mass is 300 g/mol. The van der Waals surface area contributed by atoms with Crippen molar-refractivity contribution in [1.29, 1.82) is 0 Å². The van der Waals surface area contributed by atoms with E-state index in [1.807, 2.05) is 0 Å². The Morgan fingerprint density at radius 1 is 1.41 bits per heavy atom. The molecule has 0 radical (unpaired) electrons. The van der Waals surface area contributed by atoms with Gasteiger partial charge in [0.2, 0.25) is 0 Å². The number of carbonyl (C=O) groups is 1. The van der Waals surface area contributed by atoms with Gasteiger partial charge in [0.15, 0.2) is 0 Å². The number of aromatic hydroxyl groups is 1. The van der Waals surface area contributed by atoms with Crippen LogP contribution in [0.25, 0.3) is 0 Å². The summed E-state index contributed by atoms with van der Waals surface area (Å²) in [6.45, 7) is 2.11. The highest BCUT2D eigenvalue weighted by molar-refractivity contribution is 9.10. The third-order valence-corrected chi connectivity index (χ3v) is 3.08. The molecule has 0 aliphatic carbocycles. The molecular weight excluding hydrogens is 284 g/mol. The molecule has 4 heteroatoms. The summed E-state index contributed by atoms with van der Waals surface area (Å²) < 4.78 is 5.40. The van der Waals surface area contributed by atoms with Crippen LogP contribution >= 0.6 is 15.9 Å². The summed E-state index contributed by atoms with van der Waals surface area (Å²) in [6.07, 6.45) is 3.83. The van der Waals surface area contributed by atoms with Gasteiger partial charge in [-0.15, -0.1) is 0 Å². The number of phenolic OH excluding ortho intramolecular Hbond substituents is 1. The lowest BCUT2D eigenvalue weighted by Crippen LogP contribution is -2.06. The number of rotatable bonds is 5. The first-order valence-corrected chi connectivity index (χ1v) is 6.49. The molecule has 3 nitrogen and oxygen atoms in total. The van der Waals surface area contributed by atoms with Gasteiger partial charge in [-0.1, -0.05) is 35.7 Å². The average molecular weight is 301 g/mol. The van der Waals surface area contributed by atoms with Crippen molar-refractivity contribution >= 4 is 21.9 Å². The smallest absolute Gasteiger partial charge is 0.338 e. The third kappa shape index (κ3) is 3.73. The Morgan fingerprint density at radius 2 is 2.12 bits per heavy atom. The van der Waals surface area contributed by atoms with Crippen molar-refractivity contribution in [1.82, 2.24) is 0 Å². The maximum atomic E-state index is 11.6. The van der Waals surface area contributed by atoms with Gasteiger partial charge in [-0.25, -0.2) is 4.79 Å². The third-order valence-electron chi connectivity index (χ3n) is 2.63. The Kier molecular flexibility index (Phi) is 5.48. The predicted molar refractivity (Wildman–Crippen MR) is 70.4 cm³/mol. The second-order valence-electron chi connectivity index (χ2n) is 3.90. The molecular formula is C13H17BrO3. The van der Waals surface area contributed by atoms with Gasteiger partial charge >= 0.3 is 5.97 Å². The number of hydrogen-bond donors (Lipinski definition) is 1. The number of benzene rings is 1. The van der Waals surface area contributed by atoms with Crippen LogP contribution < -0.4 is 0 Å². The van der Waals surface area contributed by atoms with Crippen molar-refractivity contribution < 1.29 is 14.6 Å². The van der Waals surface area contributed by atoms with Gasteiger partial charge in [0.05, 0.1) is 12.7 Å². The molecule has 1 aromatic rings. The summed E-state index contributed by atoms with van der Waals surface area (Å²) in [6, 6.07) is 3.29. The van der Waals surface area contributed by atoms with Crippen molar-refractivity contribution in [3.05, 3.63) is 27.7 Å². The van der Waals surface area contributed by atoms with Crippen molar-refractivity contribution in [2.45, 2.75) is 32.6 Å². The zero-order chi connectivity index (χ0) is 12.8.